The Labute approximate surface area is 91.5 Å². The highest BCUT2D eigenvalue weighted by Gasteiger charge is 2.10. The van der Waals surface area contributed by atoms with Gasteiger partial charge in [-0.25, -0.2) is 8.78 Å². The SMILES string of the molecule is CC(C)c1cc(CBr)cc(C(F)F)c1. The number of rotatable bonds is 3. The van der Waals surface area contributed by atoms with Gasteiger partial charge in [-0.3, -0.25) is 0 Å². The minimum absolute atomic E-state index is 0.116. The van der Waals surface area contributed by atoms with E-state index in [-0.39, 0.29) is 11.5 Å². The Balaban J connectivity index is 3.13. The Bertz CT molecular complexity index is 282. The second-order valence-electron chi connectivity index (χ2n) is 3.60. The third kappa shape index (κ3) is 2.77. The third-order valence-corrected chi connectivity index (χ3v) is 2.76. The average Bonchev–Trinajstić information content (AvgIpc) is 2.16. The molecular weight excluding hydrogens is 250 g/mol. The van der Waals surface area contributed by atoms with Crippen molar-refractivity contribution in [2.75, 3.05) is 0 Å². The summed E-state index contributed by atoms with van der Waals surface area (Å²) in [5, 5.41) is 0.618. The molecule has 1 aromatic carbocycles. The van der Waals surface area contributed by atoms with Gasteiger partial charge in [-0.15, -0.1) is 0 Å². The van der Waals surface area contributed by atoms with E-state index in [9.17, 15) is 8.78 Å². The maximum Gasteiger partial charge on any atom is 0.263 e. The van der Waals surface area contributed by atoms with E-state index in [0.29, 0.717) is 5.33 Å². The van der Waals surface area contributed by atoms with Crippen LogP contribution in [-0.2, 0) is 5.33 Å². The van der Waals surface area contributed by atoms with Gasteiger partial charge in [0.1, 0.15) is 0 Å². The number of benzene rings is 1. The third-order valence-electron chi connectivity index (χ3n) is 2.11. The zero-order valence-corrected chi connectivity index (χ0v) is 9.81. The van der Waals surface area contributed by atoms with Gasteiger partial charge in [-0.1, -0.05) is 35.8 Å². The molecule has 0 aliphatic heterocycles. The molecule has 0 N–H and O–H groups in total. The van der Waals surface area contributed by atoms with Gasteiger partial charge < -0.3 is 0 Å². The summed E-state index contributed by atoms with van der Waals surface area (Å²) in [5.41, 5.74) is 1.99. The molecule has 0 bridgehead atoms. The van der Waals surface area contributed by atoms with Gasteiger partial charge in [0.25, 0.3) is 6.43 Å². The zero-order valence-electron chi connectivity index (χ0n) is 8.23. The topological polar surface area (TPSA) is 0 Å². The Morgan fingerprint density at radius 3 is 2.14 bits per heavy atom. The zero-order chi connectivity index (χ0) is 10.7. The van der Waals surface area contributed by atoms with Gasteiger partial charge in [0.05, 0.1) is 0 Å². The van der Waals surface area contributed by atoms with E-state index in [0.717, 1.165) is 11.1 Å². The highest BCUT2D eigenvalue weighted by molar-refractivity contribution is 9.08. The minimum atomic E-state index is -2.38. The summed E-state index contributed by atoms with van der Waals surface area (Å²) in [6.45, 7) is 4.01. The lowest BCUT2D eigenvalue weighted by atomic mass is 9.98. The first-order valence-corrected chi connectivity index (χ1v) is 5.64. The van der Waals surface area contributed by atoms with Crippen molar-refractivity contribution >= 4 is 15.9 Å². The van der Waals surface area contributed by atoms with E-state index in [2.05, 4.69) is 15.9 Å². The van der Waals surface area contributed by atoms with Crippen LogP contribution in [-0.4, -0.2) is 0 Å². The van der Waals surface area contributed by atoms with Crippen molar-refractivity contribution in [3.8, 4) is 0 Å². The van der Waals surface area contributed by atoms with Gasteiger partial charge in [0, 0.05) is 10.9 Å². The van der Waals surface area contributed by atoms with Crippen LogP contribution in [0.3, 0.4) is 0 Å². The van der Waals surface area contributed by atoms with Crippen molar-refractivity contribution in [3.63, 3.8) is 0 Å². The van der Waals surface area contributed by atoms with Crippen molar-refractivity contribution in [2.45, 2.75) is 31.5 Å². The molecule has 78 valence electrons. The van der Waals surface area contributed by atoms with Gasteiger partial charge in [-0.05, 0) is 29.2 Å². The minimum Gasteiger partial charge on any atom is -0.205 e. The van der Waals surface area contributed by atoms with Crippen LogP contribution < -0.4 is 0 Å². The van der Waals surface area contributed by atoms with Crippen molar-refractivity contribution in [1.29, 1.82) is 0 Å². The molecule has 0 fully saturated rings. The molecule has 1 aromatic rings. The number of halogens is 3. The van der Waals surface area contributed by atoms with E-state index < -0.39 is 6.43 Å². The van der Waals surface area contributed by atoms with Crippen LogP contribution in [0.15, 0.2) is 18.2 Å². The first-order chi connectivity index (χ1) is 6.54. The molecule has 0 atom stereocenters. The Hall–Kier alpha value is -0.440. The summed E-state index contributed by atoms with van der Waals surface area (Å²) < 4.78 is 25.0. The lowest BCUT2D eigenvalue weighted by molar-refractivity contribution is 0.151. The van der Waals surface area contributed by atoms with Crippen LogP contribution in [0, 0.1) is 0 Å². The summed E-state index contributed by atoms with van der Waals surface area (Å²) in [6.07, 6.45) is -2.38. The standard InChI is InChI=1S/C11H13BrF2/c1-7(2)9-3-8(6-12)4-10(5-9)11(13)14/h3-5,7,11H,6H2,1-2H3. The summed E-state index contributed by atoms with van der Waals surface area (Å²) in [6, 6.07) is 5.10. The first-order valence-electron chi connectivity index (χ1n) is 4.52. The molecule has 0 saturated heterocycles. The van der Waals surface area contributed by atoms with Crippen LogP contribution >= 0.6 is 15.9 Å². The van der Waals surface area contributed by atoms with Gasteiger partial charge in [0.2, 0.25) is 0 Å². The maximum atomic E-state index is 12.5. The van der Waals surface area contributed by atoms with Gasteiger partial charge in [-0.2, -0.15) is 0 Å². The molecule has 0 aliphatic rings. The van der Waals surface area contributed by atoms with E-state index in [1.54, 1.807) is 12.1 Å². The van der Waals surface area contributed by atoms with Gasteiger partial charge >= 0.3 is 0 Å². The first kappa shape index (κ1) is 11.6. The molecule has 0 amide bonds. The quantitative estimate of drug-likeness (QED) is 0.697. The Kier molecular flexibility index (Phi) is 4.05. The molecule has 0 aromatic heterocycles. The lowest BCUT2D eigenvalue weighted by Gasteiger charge is -2.10. The van der Waals surface area contributed by atoms with E-state index in [1.165, 1.54) is 0 Å². The van der Waals surface area contributed by atoms with Crippen molar-refractivity contribution in [3.05, 3.63) is 34.9 Å². The van der Waals surface area contributed by atoms with Crippen molar-refractivity contribution < 1.29 is 8.78 Å². The molecule has 0 heterocycles. The van der Waals surface area contributed by atoms with E-state index >= 15 is 0 Å². The lowest BCUT2D eigenvalue weighted by Crippen LogP contribution is -1.94. The van der Waals surface area contributed by atoms with Crippen LogP contribution in [0.1, 0.15) is 42.9 Å². The summed E-state index contributed by atoms with van der Waals surface area (Å²) >= 11 is 3.28. The maximum absolute atomic E-state index is 12.5. The fraction of sp³-hybridized carbons (Fsp3) is 0.455. The normalized spacial score (nSPS) is 11.4. The molecular formula is C11H13BrF2. The highest BCUT2D eigenvalue weighted by Crippen LogP contribution is 2.26. The Morgan fingerprint density at radius 2 is 1.71 bits per heavy atom. The molecule has 1 rings (SSSR count). The predicted molar refractivity (Wildman–Crippen MR) is 58.1 cm³/mol. The summed E-state index contributed by atoms with van der Waals surface area (Å²) in [7, 11) is 0. The average molecular weight is 263 g/mol. The van der Waals surface area contributed by atoms with Gasteiger partial charge in [0.15, 0.2) is 0 Å². The number of hydrogen-bond acceptors (Lipinski definition) is 0. The molecule has 3 heteroatoms. The van der Waals surface area contributed by atoms with Crippen LogP contribution in [0.5, 0.6) is 0 Å². The second kappa shape index (κ2) is 4.87. The molecule has 0 radical (unpaired) electrons. The molecule has 0 aliphatic carbocycles. The summed E-state index contributed by atoms with van der Waals surface area (Å²) in [5.74, 6) is 0.284. The Morgan fingerprint density at radius 1 is 1.14 bits per heavy atom. The predicted octanol–water partition coefficient (Wildman–Crippen LogP) is 4.64. The fourth-order valence-electron chi connectivity index (χ4n) is 1.28. The number of hydrogen-bond donors (Lipinski definition) is 0. The largest absolute Gasteiger partial charge is 0.263 e. The van der Waals surface area contributed by atoms with Crippen LogP contribution in [0.25, 0.3) is 0 Å². The molecule has 14 heavy (non-hydrogen) atoms. The van der Waals surface area contributed by atoms with Crippen LogP contribution in [0.4, 0.5) is 8.78 Å². The number of alkyl halides is 3. The molecule has 0 saturated carbocycles. The summed E-state index contributed by atoms with van der Waals surface area (Å²) in [4.78, 5) is 0. The molecule has 0 spiro atoms. The van der Waals surface area contributed by atoms with Crippen LogP contribution in [0.2, 0.25) is 0 Å². The molecule has 0 unspecified atom stereocenters. The molecule has 0 nitrogen and oxygen atoms in total. The highest BCUT2D eigenvalue weighted by atomic mass is 79.9. The monoisotopic (exact) mass is 262 g/mol. The van der Waals surface area contributed by atoms with E-state index in [4.69, 9.17) is 0 Å². The second-order valence-corrected chi connectivity index (χ2v) is 4.16. The van der Waals surface area contributed by atoms with Crippen molar-refractivity contribution in [2.24, 2.45) is 0 Å². The van der Waals surface area contributed by atoms with E-state index in [1.807, 2.05) is 19.9 Å². The fourth-order valence-corrected chi connectivity index (χ4v) is 1.61. The smallest absolute Gasteiger partial charge is 0.205 e. The van der Waals surface area contributed by atoms with Crippen molar-refractivity contribution in [1.82, 2.24) is 0 Å².